The van der Waals surface area contributed by atoms with Gasteiger partial charge in [0, 0.05) is 11.3 Å². The predicted octanol–water partition coefficient (Wildman–Crippen LogP) is 4.65. The van der Waals surface area contributed by atoms with Crippen molar-refractivity contribution >= 4 is 34.8 Å². The Kier molecular flexibility index (Phi) is 5.41. The molecule has 160 valence electrons. The minimum atomic E-state index is -0.727. The zero-order valence-corrected chi connectivity index (χ0v) is 17.8. The maximum Gasteiger partial charge on any atom is 0.268 e. The van der Waals surface area contributed by atoms with E-state index in [1.54, 1.807) is 43.9 Å². The van der Waals surface area contributed by atoms with Crippen molar-refractivity contribution in [2.45, 2.75) is 33.4 Å². The van der Waals surface area contributed by atoms with E-state index in [9.17, 15) is 14.0 Å². The third kappa shape index (κ3) is 3.86. The van der Waals surface area contributed by atoms with Gasteiger partial charge >= 0.3 is 0 Å². The first kappa shape index (κ1) is 20.9. The van der Waals surface area contributed by atoms with E-state index >= 15 is 0 Å². The zero-order chi connectivity index (χ0) is 22.3. The van der Waals surface area contributed by atoms with Crippen LogP contribution in [-0.2, 0) is 11.3 Å². The van der Waals surface area contributed by atoms with Crippen LogP contribution in [0.2, 0.25) is 5.02 Å². The van der Waals surface area contributed by atoms with Crippen LogP contribution in [0.4, 0.5) is 15.8 Å². The Balaban J connectivity index is 1.68. The molecule has 3 aromatic rings. The molecule has 31 heavy (non-hydrogen) atoms. The van der Waals surface area contributed by atoms with E-state index in [4.69, 9.17) is 20.9 Å². The van der Waals surface area contributed by atoms with Crippen LogP contribution >= 0.6 is 11.6 Å². The van der Waals surface area contributed by atoms with E-state index in [-0.39, 0.29) is 23.0 Å². The number of ether oxygens (including phenoxy) is 1. The van der Waals surface area contributed by atoms with Crippen LogP contribution in [0.25, 0.3) is 0 Å². The van der Waals surface area contributed by atoms with Gasteiger partial charge in [0.15, 0.2) is 6.10 Å². The van der Waals surface area contributed by atoms with Crippen molar-refractivity contribution in [2.75, 3.05) is 10.2 Å². The van der Waals surface area contributed by atoms with Gasteiger partial charge in [-0.1, -0.05) is 22.8 Å². The number of aryl methyl sites for hydroxylation is 2. The monoisotopic (exact) mass is 443 g/mol. The second kappa shape index (κ2) is 8.03. The fraction of sp³-hybridized carbons (Fsp3) is 0.227. The first-order valence-corrected chi connectivity index (χ1v) is 9.93. The molecule has 0 saturated carbocycles. The lowest BCUT2D eigenvalue weighted by Gasteiger charge is -2.33. The Hall–Kier alpha value is -3.39. The number of nitrogens with one attached hydrogen (secondary N) is 1. The maximum absolute atomic E-state index is 14.1. The molecule has 4 rings (SSSR count). The van der Waals surface area contributed by atoms with Crippen LogP contribution in [0.1, 0.15) is 34.3 Å². The summed E-state index contributed by atoms with van der Waals surface area (Å²) in [7, 11) is 0. The summed E-state index contributed by atoms with van der Waals surface area (Å²) in [4.78, 5) is 27.0. The Bertz CT molecular complexity index is 1150. The standard InChI is InChI=1S/C22H19ClFN3O4/c1-11-15(12(2)31-26-11)10-27-18-9-14(7-8-19(18)30-13(3)22(27)29)25-21(28)20-16(23)5-4-6-17(20)24/h4-9,13H,10H2,1-3H3,(H,25,28). The highest BCUT2D eigenvalue weighted by Gasteiger charge is 2.33. The van der Waals surface area contributed by atoms with Gasteiger partial charge < -0.3 is 19.5 Å². The molecule has 1 aromatic heterocycles. The van der Waals surface area contributed by atoms with Crippen LogP contribution < -0.4 is 15.0 Å². The number of aromatic nitrogens is 1. The summed E-state index contributed by atoms with van der Waals surface area (Å²) in [6.07, 6.45) is -0.675. The molecular weight excluding hydrogens is 425 g/mol. The Labute approximate surface area is 182 Å². The number of anilines is 2. The largest absolute Gasteiger partial charge is 0.479 e. The second-order valence-electron chi connectivity index (χ2n) is 7.22. The number of hydrogen-bond donors (Lipinski definition) is 1. The molecule has 9 heteroatoms. The fourth-order valence-electron chi connectivity index (χ4n) is 3.44. The van der Waals surface area contributed by atoms with Gasteiger partial charge in [-0.3, -0.25) is 9.59 Å². The fourth-order valence-corrected chi connectivity index (χ4v) is 3.69. The molecule has 0 radical (unpaired) electrons. The van der Waals surface area contributed by atoms with E-state index in [1.807, 2.05) is 0 Å². The minimum absolute atomic E-state index is 0.00262. The molecule has 0 aliphatic carbocycles. The predicted molar refractivity (Wildman–Crippen MR) is 113 cm³/mol. The van der Waals surface area contributed by atoms with Crippen molar-refractivity contribution in [1.29, 1.82) is 0 Å². The molecule has 0 spiro atoms. The molecule has 0 bridgehead atoms. The number of fused-ring (bicyclic) bond motifs is 1. The lowest BCUT2D eigenvalue weighted by atomic mass is 10.1. The SMILES string of the molecule is Cc1noc(C)c1CN1C(=O)C(C)Oc2ccc(NC(=O)c3c(F)cccc3Cl)cc21. The highest BCUT2D eigenvalue weighted by Crippen LogP contribution is 2.38. The van der Waals surface area contributed by atoms with Crippen molar-refractivity contribution in [3.63, 3.8) is 0 Å². The first-order valence-electron chi connectivity index (χ1n) is 9.55. The average molecular weight is 444 g/mol. The average Bonchev–Trinajstić information content (AvgIpc) is 3.03. The number of nitrogens with zero attached hydrogens (tertiary/aromatic N) is 2. The Morgan fingerprint density at radius 1 is 1.29 bits per heavy atom. The number of rotatable bonds is 4. The molecule has 1 aliphatic heterocycles. The molecule has 0 fully saturated rings. The van der Waals surface area contributed by atoms with Crippen LogP contribution in [0, 0.1) is 19.7 Å². The van der Waals surface area contributed by atoms with E-state index in [1.165, 1.54) is 12.1 Å². The molecule has 1 unspecified atom stereocenters. The Morgan fingerprint density at radius 2 is 2.06 bits per heavy atom. The lowest BCUT2D eigenvalue weighted by molar-refractivity contribution is -0.125. The summed E-state index contributed by atoms with van der Waals surface area (Å²) in [6.45, 7) is 5.48. The zero-order valence-electron chi connectivity index (χ0n) is 17.0. The van der Waals surface area contributed by atoms with Crippen LogP contribution in [0.3, 0.4) is 0 Å². The molecule has 0 saturated heterocycles. The van der Waals surface area contributed by atoms with Gasteiger partial charge in [0.1, 0.15) is 17.3 Å². The van der Waals surface area contributed by atoms with Crippen LogP contribution in [0.15, 0.2) is 40.9 Å². The van der Waals surface area contributed by atoms with Crippen LogP contribution in [-0.4, -0.2) is 23.1 Å². The second-order valence-corrected chi connectivity index (χ2v) is 7.63. The van der Waals surface area contributed by atoms with Crippen molar-refractivity contribution < 1.29 is 23.2 Å². The first-order chi connectivity index (χ1) is 14.8. The number of amides is 2. The van der Waals surface area contributed by atoms with Crippen molar-refractivity contribution in [1.82, 2.24) is 5.16 Å². The number of carbonyl (C=O) groups is 2. The molecule has 2 heterocycles. The number of hydrogen-bond acceptors (Lipinski definition) is 5. The lowest BCUT2D eigenvalue weighted by Crippen LogP contribution is -2.44. The minimum Gasteiger partial charge on any atom is -0.479 e. The third-order valence-electron chi connectivity index (χ3n) is 5.11. The molecular formula is C22H19ClFN3O4. The number of benzene rings is 2. The van der Waals surface area contributed by atoms with E-state index in [2.05, 4.69) is 10.5 Å². The summed E-state index contributed by atoms with van der Waals surface area (Å²) < 4.78 is 25.0. The van der Waals surface area contributed by atoms with Crippen molar-refractivity contribution in [2.24, 2.45) is 0 Å². The molecule has 1 atom stereocenters. The molecule has 1 aliphatic rings. The molecule has 2 aromatic carbocycles. The topological polar surface area (TPSA) is 84.7 Å². The normalized spacial score (nSPS) is 15.5. The van der Waals surface area contributed by atoms with Crippen LogP contribution in [0.5, 0.6) is 5.75 Å². The van der Waals surface area contributed by atoms with Gasteiger partial charge in [-0.2, -0.15) is 0 Å². The Morgan fingerprint density at radius 3 is 2.74 bits per heavy atom. The summed E-state index contributed by atoms with van der Waals surface area (Å²) in [5.74, 6) is -0.564. The summed E-state index contributed by atoms with van der Waals surface area (Å²) in [5, 5.41) is 6.57. The molecule has 2 amide bonds. The number of carbonyl (C=O) groups excluding carboxylic acids is 2. The summed E-state index contributed by atoms with van der Waals surface area (Å²) >= 11 is 5.98. The quantitative estimate of drug-likeness (QED) is 0.634. The highest BCUT2D eigenvalue weighted by molar-refractivity contribution is 6.34. The number of halogens is 2. The van der Waals surface area contributed by atoms with Crippen molar-refractivity contribution in [3.8, 4) is 5.75 Å². The van der Waals surface area contributed by atoms with Gasteiger partial charge in [-0.05, 0) is 51.1 Å². The highest BCUT2D eigenvalue weighted by atomic mass is 35.5. The maximum atomic E-state index is 14.1. The smallest absolute Gasteiger partial charge is 0.268 e. The van der Waals surface area contributed by atoms with E-state index < -0.39 is 17.8 Å². The van der Waals surface area contributed by atoms with Gasteiger partial charge in [0.25, 0.3) is 11.8 Å². The van der Waals surface area contributed by atoms with Gasteiger partial charge in [-0.25, -0.2) is 4.39 Å². The summed E-state index contributed by atoms with van der Waals surface area (Å²) in [5.41, 5.74) is 2.05. The van der Waals surface area contributed by atoms with Crippen molar-refractivity contribution in [3.05, 3.63) is 69.8 Å². The van der Waals surface area contributed by atoms with Gasteiger partial charge in [0.2, 0.25) is 0 Å². The molecule has 1 N–H and O–H groups in total. The van der Waals surface area contributed by atoms with E-state index in [0.717, 1.165) is 11.6 Å². The summed E-state index contributed by atoms with van der Waals surface area (Å²) in [6, 6.07) is 8.88. The molecule has 7 nitrogen and oxygen atoms in total. The van der Waals surface area contributed by atoms with E-state index in [0.29, 0.717) is 28.6 Å². The van der Waals surface area contributed by atoms with Gasteiger partial charge in [0.05, 0.1) is 28.5 Å². The van der Waals surface area contributed by atoms with Gasteiger partial charge in [-0.15, -0.1) is 0 Å². The third-order valence-corrected chi connectivity index (χ3v) is 5.43.